The Morgan fingerprint density at radius 1 is 1.32 bits per heavy atom. The second kappa shape index (κ2) is 10.5. The molecule has 0 aliphatic heterocycles. The zero-order valence-corrected chi connectivity index (χ0v) is 15.6. The number of ether oxygens (including phenoxy) is 2. The number of amides is 1. The predicted octanol–water partition coefficient (Wildman–Crippen LogP) is 0.208. The van der Waals surface area contributed by atoms with Crippen LogP contribution in [0.3, 0.4) is 0 Å². The molecule has 11 heteroatoms. The van der Waals surface area contributed by atoms with Crippen molar-refractivity contribution in [3.05, 3.63) is 44.6 Å². The van der Waals surface area contributed by atoms with Crippen molar-refractivity contribution in [3.8, 4) is 11.5 Å². The SMILES string of the molecule is CCCOc1ccc(/C=N/NC(=O)CCNc2n[nH]c(=O)[nH]c2=O)cc1OC. The van der Waals surface area contributed by atoms with Crippen LogP contribution in [0.15, 0.2) is 32.9 Å². The van der Waals surface area contributed by atoms with Crippen LogP contribution in [0.25, 0.3) is 0 Å². The topological polar surface area (TPSA) is 151 Å². The molecule has 0 bridgehead atoms. The first-order chi connectivity index (χ1) is 13.5. The molecule has 4 N–H and O–H groups in total. The van der Waals surface area contributed by atoms with Crippen LogP contribution < -0.4 is 31.5 Å². The highest BCUT2D eigenvalue weighted by molar-refractivity contribution is 5.83. The Hall–Kier alpha value is -3.63. The number of H-pyrrole nitrogens is 2. The van der Waals surface area contributed by atoms with Crippen LogP contribution in [0.4, 0.5) is 5.82 Å². The standard InChI is InChI=1S/C17H22N6O5/c1-3-8-28-12-5-4-11(9-13(12)27-2)10-19-21-14(24)6-7-18-15-16(25)20-17(26)23-22-15/h4-5,9-10H,3,6-8H2,1-2H3,(H,18,22)(H,21,24)(H2,20,23,25,26)/b19-10+. The number of aromatic nitrogens is 3. The number of methoxy groups -OCH3 is 1. The van der Waals surface area contributed by atoms with Gasteiger partial charge in [0.1, 0.15) is 0 Å². The van der Waals surface area contributed by atoms with Crippen molar-refractivity contribution in [2.24, 2.45) is 5.10 Å². The fourth-order valence-corrected chi connectivity index (χ4v) is 2.09. The number of carbonyl (C=O) groups excluding carboxylic acids is 1. The molecule has 0 saturated carbocycles. The third kappa shape index (κ3) is 6.27. The highest BCUT2D eigenvalue weighted by atomic mass is 16.5. The van der Waals surface area contributed by atoms with Crippen LogP contribution in [-0.4, -0.2) is 47.6 Å². The first-order valence-corrected chi connectivity index (χ1v) is 8.59. The van der Waals surface area contributed by atoms with E-state index in [4.69, 9.17) is 9.47 Å². The van der Waals surface area contributed by atoms with Crippen molar-refractivity contribution in [1.82, 2.24) is 20.6 Å². The fraction of sp³-hybridized carbons (Fsp3) is 0.353. The van der Waals surface area contributed by atoms with Gasteiger partial charge in [0.05, 0.1) is 19.9 Å². The lowest BCUT2D eigenvalue weighted by Crippen LogP contribution is -2.28. The Morgan fingerprint density at radius 2 is 2.14 bits per heavy atom. The molecule has 1 aromatic heterocycles. The minimum Gasteiger partial charge on any atom is -0.493 e. The Bertz CT molecular complexity index is 936. The highest BCUT2D eigenvalue weighted by Crippen LogP contribution is 2.27. The lowest BCUT2D eigenvalue weighted by molar-refractivity contribution is -0.120. The van der Waals surface area contributed by atoms with Gasteiger partial charge in [-0.25, -0.2) is 15.3 Å². The molecule has 0 spiro atoms. The molecule has 0 fully saturated rings. The van der Waals surface area contributed by atoms with Crippen molar-refractivity contribution in [1.29, 1.82) is 0 Å². The molecule has 0 aliphatic carbocycles. The first kappa shape index (κ1) is 20.7. The van der Waals surface area contributed by atoms with E-state index in [1.807, 2.05) is 11.9 Å². The Kier molecular flexibility index (Phi) is 7.76. The first-order valence-electron chi connectivity index (χ1n) is 8.59. The monoisotopic (exact) mass is 390 g/mol. The number of benzene rings is 1. The van der Waals surface area contributed by atoms with E-state index in [0.717, 1.165) is 12.0 Å². The summed E-state index contributed by atoms with van der Waals surface area (Å²) in [7, 11) is 1.55. The minimum atomic E-state index is -0.704. The number of carbonyl (C=O) groups is 1. The lowest BCUT2D eigenvalue weighted by Gasteiger charge is -2.10. The van der Waals surface area contributed by atoms with E-state index in [-0.39, 0.29) is 24.7 Å². The number of hydrogen-bond acceptors (Lipinski definition) is 8. The predicted molar refractivity (Wildman–Crippen MR) is 103 cm³/mol. The fourth-order valence-electron chi connectivity index (χ4n) is 2.09. The number of nitrogens with one attached hydrogen (secondary N) is 4. The maximum absolute atomic E-state index is 11.8. The van der Waals surface area contributed by atoms with E-state index in [1.54, 1.807) is 25.3 Å². The number of nitrogens with zero attached hydrogens (tertiary/aromatic N) is 2. The second-order valence-electron chi connectivity index (χ2n) is 5.58. The molecule has 0 aliphatic rings. The number of aromatic amines is 2. The maximum atomic E-state index is 11.8. The summed E-state index contributed by atoms with van der Waals surface area (Å²) in [5.74, 6) is 0.780. The van der Waals surface area contributed by atoms with Gasteiger partial charge in [0.15, 0.2) is 11.5 Å². The molecule has 0 saturated heterocycles. The van der Waals surface area contributed by atoms with Crippen LogP contribution >= 0.6 is 0 Å². The summed E-state index contributed by atoms with van der Waals surface area (Å²) in [6.45, 7) is 2.75. The summed E-state index contributed by atoms with van der Waals surface area (Å²) >= 11 is 0. The molecule has 0 atom stereocenters. The number of rotatable bonds is 10. The van der Waals surface area contributed by atoms with Crippen molar-refractivity contribution >= 4 is 17.9 Å². The summed E-state index contributed by atoms with van der Waals surface area (Å²) < 4.78 is 10.9. The molecule has 2 rings (SSSR count). The average molecular weight is 390 g/mol. The summed E-state index contributed by atoms with van der Waals surface area (Å²) in [6, 6.07) is 5.31. The summed E-state index contributed by atoms with van der Waals surface area (Å²) in [4.78, 5) is 36.1. The van der Waals surface area contributed by atoms with Crippen LogP contribution in [0.5, 0.6) is 11.5 Å². The smallest absolute Gasteiger partial charge is 0.342 e. The average Bonchev–Trinajstić information content (AvgIpc) is 2.68. The number of anilines is 1. The molecular weight excluding hydrogens is 368 g/mol. The zero-order chi connectivity index (χ0) is 20.4. The van der Waals surface area contributed by atoms with Gasteiger partial charge in [0, 0.05) is 13.0 Å². The van der Waals surface area contributed by atoms with Gasteiger partial charge in [0.2, 0.25) is 11.7 Å². The van der Waals surface area contributed by atoms with Crippen molar-refractivity contribution < 1.29 is 14.3 Å². The Balaban J connectivity index is 1.82. The van der Waals surface area contributed by atoms with Crippen molar-refractivity contribution in [2.75, 3.05) is 25.6 Å². The van der Waals surface area contributed by atoms with Crippen LogP contribution in [0, 0.1) is 0 Å². The van der Waals surface area contributed by atoms with Gasteiger partial charge in [-0.3, -0.25) is 14.6 Å². The molecule has 1 aromatic carbocycles. The third-order valence-electron chi connectivity index (χ3n) is 3.41. The van der Waals surface area contributed by atoms with Gasteiger partial charge >= 0.3 is 5.69 Å². The van der Waals surface area contributed by atoms with Crippen molar-refractivity contribution in [2.45, 2.75) is 19.8 Å². The number of hydrogen-bond donors (Lipinski definition) is 4. The largest absolute Gasteiger partial charge is 0.493 e. The van der Waals surface area contributed by atoms with E-state index in [1.165, 1.54) is 6.21 Å². The van der Waals surface area contributed by atoms with Crippen molar-refractivity contribution in [3.63, 3.8) is 0 Å². The number of hydrazone groups is 1. The minimum absolute atomic E-state index is 0.0463. The van der Waals surface area contributed by atoms with E-state index in [2.05, 4.69) is 26.0 Å². The van der Waals surface area contributed by atoms with Gasteiger partial charge < -0.3 is 14.8 Å². The second-order valence-corrected chi connectivity index (χ2v) is 5.58. The van der Waals surface area contributed by atoms with Crippen LogP contribution in [-0.2, 0) is 4.79 Å². The van der Waals surface area contributed by atoms with E-state index in [0.29, 0.717) is 18.1 Å². The summed E-state index contributed by atoms with van der Waals surface area (Å²) in [6.07, 6.45) is 2.41. The third-order valence-corrected chi connectivity index (χ3v) is 3.41. The van der Waals surface area contributed by atoms with E-state index in [9.17, 15) is 14.4 Å². The lowest BCUT2D eigenvalue weighted by atomic mass is 10.2. The van der Waals surface area contributed by atoms with Crippen LogP contribution in [0.1, 0.15) is 25.3 Å². The molecule has 28 heavy (non-hydrogen) atoms. The van der Waals surface area contributed by atoms with Gasteiger partial charge in [-0.2, -0.15) is 5.10 Å². The quantitative estimate of drug-likeness (QED) is 0.334. The molecule has 150 valence electrons. The van der Waals surface area contributed by atoms with Gasteiger partial charge in [0.25, 0.3) is 5.56 Å². The molecular formula is C17H22N6O5. The zero-order valence-electron chi connectivity index (χ0n) is 15.6. The summed E-state index contributed by atoms with van der Waals surface area (Å²) in [5.41, 5.74) is 1.74. The Morgan fingerprint density at radius 3 is 2.86 bits per heavy atom. The van der Waals surface area contributed by atoms with Crippen LogP contribution in [0.2, 0.25) is 0 Å². The maximum Gasteiger partial charge on any atom is 0.342 e. The van der Waals surface area contributed by atoms with Gasteiger partial charge in [-0.15, -0.1) is 5.10 Å². The molecule has 0 radical (unpaired) electrons. The molecule has 1 amide bonds. The van der Waals surface area contributed by atoms with Gasteiger partial charge in [-0.05, 0) is 30.2 Å². The highest BCUT2D eigenvalue weighted by Gasteiger charge is 2.06. The Labute approximate surface area is 160 Å². The normalized spacial score (nSPS) is 10.6. The molecule has 2 aromatic rings. The summed E-state index contributed by atoms with van der Waals surface area (Å²) in [5, 5.41) is 12.2. The van der Waals surface area contributed by atoms with E-state index < -0.39 is 11.2 Å². The molecule has 11 nitrogen and oxygen atoms in total. The molecule has 1 heterocycles. The van der Waals surface area contributed by atoms with Gasteiger partial charge in [-0.1, -0.05) is 6.92 Å². The van der Waals surface area contributed by atoms with E-state index >= 15 is 0 Å². The molecule has 0 unspecified atom stereocenters.